The molecule has 8 heteroatoms. The highest BCUT2D eigenvalue weighted by Crippen LogP contribution is 2.37. The first-order valence-electron chi connectivity index (χ1n) is 9.27. The molecular weight excluding hydrogens is 362 g/mol. The third-order valence-corrected chi connectivity index (χ3v) is 4.95. The van der Waals surface area contributed by atoms with E-state index in [9.17, 15) is 19.2 Å². The number of allylic oxidation sites excluding steroid dienone is 3. The lowest BCUT2D eigenvalue weighted by molar-refractivity contribution is -0.160. The number of fused-ring (bicyclic) bond motifs is 1. The van der Waals surface area contributed by atoms with Crippen LogP contribution in [0.3, 0.4) is 0 Å². The molecule has 1 aliphatic carbocycles. The smallest absolute Gasteiger partial charge is 0.329 e. The summed E-state index contributed by atoms with van der Waals surface area (Å²) in [5, 5.41) is 8.97. The number of carbonyl (C=O) groups is 4. The lowest BCUT2D eigenvalue weighted by Gasteiger charge is -2.26. The number of likely N-dealkylation sites (tertiary alicyclic amines) is 1. The molecule has 2 amide bonds. The van der Waals surface area contributed by atoms with Crippen LogP contribution in [0.4, 0.5) is 0 Å². The fraction of sp³-hybridized carbons (Fsp3) is 0.550. The van der Waals surface area contributed by atoms with Crippen molar-refractivity contribution in [2.45, 2.75) is 46.1 Å². The number of nitrogens with zero attached hydrogens (tertiary/aromatic N) is 2. The van der Waals surface area contributed by atoms with Crippen LogP contribution in [0.2, 0.25) is 0 Å². The van der Waals surface area contributed by atoms with Gasteiger partial charge in [-0.2, -0.15) is 5.26 Å². The van der Waals surface area contributed by atoms with E-state index in [4.69, 9.17) is 15.7 Å². The summed E-state index contributed by atoms with van der Waals surface area (Å²) in [7, 11) is 0. The maximum absolute atomic E-state index is 12.8. The molecule has 3 atom stereocenters. The van der Waals surface area contributed by atoms with E-state index in [2.05, 4.69) is 0 Å². The Morgan fingerprint density at radius 3 is 2.21 bits per heavy atom. The zero-order chi connectivity index (χ0) is 21.0. The van der Waals surface area contributed by atoms with Gasteiger partial charge in [-0.25, -0.2) is 4.79 Å². The fourth-order valence-electron chi connectivity index (χ4n) is 3.56. The van der Waals surface area contributed by atoms with Crippen molar-refractivity contribution >= 4 is 23.6 Å². The number of ketones is 1. The number of nitriles is 1. The van der Waals surface area contributed by atoms with Gasteiger partial charge in [0.1, 0.15) is 17.7 Å². The summed E-state index contributed by atoms with van der Waals surface area (Å²) in [5.41, 5.74) is 5.23. The van der Waals surface area contributed by atoms with E-state index < -0.39 is 36.2 Å². The van der Waals surface area contributed by atoms with Gasteiger partial charge in [0.05, 0.1) is 11.8 Å². The van der Waals surface area contributed by atoms with Crippen LogP contribution in [-0.2, 0) is 23.9 Å². The summed E-state index contributed by atoms with van der Waals surface area (Å²) < 4.78 is 5.07. The van der Waals surface area contributed by atoms with Crippen molar-refractivity contribution in [2.24, 2.45) is 23.5 Å². The van der Waals surface area contributed by atoms with Crippen LogP contribution >= 0.6 is 0 Å². The van der Waals surface area contributed by atoms with Gasteiger partial charge in [0, 0.05) is 5.70 Å². The quantitative estimate of drug-likeness (QED) is 0.228. The second-order valence-corrected chi connectivity index (χ2v) is 7.55. The van der Waals surface area contributed by atoms with Gasteiger partial charge >= 0.3 is 5.97 Å². The normalized spacial score (nSPS) is 23.2. The molecule has 2 rings (SSSR count). The van der Waals surface area contributed by atoms with Crippen molar-refractivity contribution in [3.8, 4) is 6.07 Å². The van der Waals surface area contributed by atoms with Crippen LogP contribution in [0.1, 0.15) is 40.0 Å². The van der Waals surface area contributed by atoms with Gasteiger partial charge in [0.2, 0.25) is 17.6 Å². The number of amides is 2. The predicted octanol–water partition coefficient (Wildman–Crippen LogP) is 1.22. The maximum Gasteiger partial charge on any atom is 0.329 e. The fourth-order valence-corrected chi connectivity index (χ4v) is 3.56. The molecule has 0 radical (unpaired) electrons. The molecule has 8 nitrogen and oxygen atoms in total. The van der Waals surface area contributed by atoms with Gasteiger partial charge in [-0.3, -0.25) is 19.3 Å². The first-order chi connectivity index (χ1) is 13.2. The molecule has 0 bridgehead atoms. The molecule has 150 valence electrons. The van der Waals surface area contributed by atoms with E-state index in [1.165, 1.54) is 6.92 Å². The number of hydrogen-bond donors (Lipinski definition) is 1. The van der Waals surface area contributed by atoms with Gasteiger partial charge < -0.3 is 10.5 Å². The highest BCUT2D eigenvalue weighted by molar-refractivity contribution is 6.08. The first-order valence-corrected chi connectivity index (χ1v) is 9.27. The molecule has 1 fully saturated rings. The Hall–Kier alpha value is -2.95. The summed E-state index contributed by atoms with van der Waals surface area (Å²) in [6, 6.07) is 0.587. The van der Waals surface area contributed by atoms with E-state index in [0.29, 0.717) is 12.8 Å². The minimum atomic E-state index is -1.09. The van der Waals surface area contributed by atoms with E-state index in [1.54, 1.807) is 6.07 Å². The molecule has 1 aliphatic heterocycles. The molecule has 0 unspecified atom stereocenters. The van der Waals surface area contributed by atoms with Gasteiger partial charge in [0.25, 0.3) is 0 Å². The number of imide groups is 1. The summed E-state index contributed by atoms with van der Waals surface area (Å²) in [6.45, 7) is 4.45. The Bertz CT molecular complexity index is 760. The van der Waals surface area contributed by atoms with Crippen molar-refractivity contribution in [1.29, 1.82) is 5.26 Å². The zero-order valence-electron chi connectivity index (χ0n) is 16.3. The van der Waals surface area contributed by atoms with Crippen molar-refractivity contribution in [1.82, 2.24) is 4.90 Å². The van der Waals surface area contributed by atoms with Gasteiger partial charge in [-0.1, -0.05) is 26.0 Å². The maximum atomic E-state index is 12.8. The monoisotopic (exact) mass is 387 g/mol. The third kappa shape index (κ3) is 4.30. The molecule has 0 aromatic heterocycles. The van der Waals surface area contributed by atoms with Crippen molar-refractivity contribution in [2.75, 3.05) is 6.61 Å². The molecule has 28 heavy (non-hydrogen) atoms. The number of hydrogen-bond acceptors (Lipinski definition) is 7. The first kappa shape index (κ1) is 21.4. The van der Waals surface area contributed by atoms with E-state index in [0.717, 1.165) is 4.90 Å². The lowest BCUT2D eigenvalue weighted by Crippen LogP contribution is -2.47. The SMILES string of the molecule is C/C(N)=C(/C#N)C(=O)COC(=O)[C@@H](CC(C)C)N1C(=O)[C@H]2CC=CC[C@@H]2C1=O. The standard InChI is InChI=1S/C20H25N3O5/c1-11(2)8-16(20(27)28-10-17(24)15(9-21)12(3)22)23-18(25)13-6-4-5-7-14(13)19(23)26/h4-5,11,13-14,16H,6-8,10,22H2,1-3H3/b15-12+/t13-,14-,16+/m0/s1. The molecule has 1 heterocycles. The molecule has 1 saturated heterocycles. The van der Waals surface area contributed by atoms with Crippen molar-refractivity contribution in [3.05, 3.63) is 23.4 Å². The zero-order valence-corrected chi connectivity index (χ0v) is 16.3. The Morgan fingerprint density at radius 2 is 1.79 bits per heavy atom. The lowest BCUT2D eigenvalue weighted by atomic mass is 9.85. The van der Waals surface area contributed by atoms with Crippen LogP contribution < -0.4 is 5.73 Å². The summed E-state index contributed by atoms with van der Waals surface area (Å²) >= 11 is 0. The molecule has 0 saturated carbocycles. The molecule has 2 N–H and O–H groups in total. The summed E-state index contributed by atoms with van der Waals surface area (Å²) in [4.78, 5) is 51.3. The number of ether oxygens (including phenoxy) is 1. The van der Waals surface area contributed by atoms with Crippen LogP contribution in [-0.4, -0.2) is 41.1 Å². The topological polar surface area (TPSA) is 131 Å². The molecule has 0 aromatic carbocycles. The predicted molar refractivity (Wildman–Crippen MR) is 98.9 cm³/mol. The molecular formula is C20H25N3O5. The number of nitrogens with two attached hydrogens (primary N) is 1. The summed E-state index contributed by atoms with van der Waals surface area (Å²) in [5.74, 6) is -3.19. The number of rotatable bonds is 7. The highest BCUT2D eigenvalue weighted by Gasteiger charge is 2.51. The Kier molecular flexibility index (Phi) is 6.73. The highest BCUT2D eigenvalue weighted by atomic mass is 16.5. The van der Waals surface area contributed by atoms with Crippen molar-refractivity contribution < 1.29 is 23.9 Å². The average molecular weight is 387 g/mol. The number of esters is 1. The van der Waals surface area contributed by atoms with Crippen LogP contribution in [0.5, 0.6) is 0 Å². The van der Waals surface area contributed by atoms with E-state index in [-0.39, 0.29) is 35.4 Å². The number of Topliss-reactive ketones (excluding diaryl/α,β-unsaturated/α-hetero) is 1. The minimum absolute atomic E-state index is 0.00968. The van der Waals surface area contributed by atoms with Crippen LogP contribution in [0, 0.1) is 29.1 Å². The number of carbonyl (C=O) groups excluding carboxylic acids is 4. The Balaban J connectivity index is 2.17. The Morgan fingerprint density at radius 1 is 1.25 bits per heavy atom. The second-order valence-electron chi connectivity index (χ2n) is 7.55. The van der Waals surface area contributed by atoms with Crippen molar-refractivity contribution in [3.63, 3.8) is 0 Å². The van der Waals surface area contributed by atoms with E-state index in [1.807, 2.05) is 26.0 Å². The van der Waals surface area contributed by atoms with Crippen LogP contribution in [0.15, 0.2) is 23.4 Å². The Labute approximate surface area is 164 Å². The average Bonchev–Trinajstić information content (AvgIpc) is 2.89. The summed E-state index contributed by atoms with van der Waals surface area (Å²) in [6.07, 6.45) is 4.91. The van der Waals surface area contributed by atoms with E-state index >= 15 is 0 Å². The molecule has 2 aliphatic rings. The molecule has 0 spiro atoms. The molecule has 0 aromatic rings. The minimum Gasteiger partial charge on any atom is -0.456 e. The van der Waals surface area contributed by atoms with Gasteiger partial charge in [-0.05, 0) is 32.1 Å². The van der Waals surface area contributed by atoms with Gasteiger partial charge in [-0.15, -0.1) is 0 Å². The van der Waals surface area contributed by atoms with Crippen LogP contribution in [0.25, 0.3) is 0 Å². The second kappa shape index (κ2) is 8.83. The van der Waals surface area contributed by atoms with Gasteiger partial charge in [0.15, 0.2) is 6.61 Å². The largest absolute Gasteiger partial charge is 0.456 e. The third-order valence-electron chi connectivity index (χ3n) is 4.95.